The molecule has 27 heavy (non-hydrogen) atoms. The lowest BCUT2D eigenvalue weighted by atomic mass is 10.1. The molecule has 2 aromatic rings. The summed E-state index contributed by atoms with van der Waals surface area (Å²) < 4.78 is 5.81. The van der Waals surface area contributed by atoms with Crippen LogP contribution in [-0.4, -0.2) is 5.91 Å². The lowest BCUT2D eigenvalue weighted by Gasteiger charge is -2.15. The van der Waals surface area contributed by atoms with Crippen LogP contribution >= 0.6 is 0 Å². The van der Waals surface area contributed by atoms with E-state index in [1.165, 1.54) is 32.1 Å². The van der Waals surface area contributed by atoms with Gasteiger partial charge in [0.25, 0.3) is 0 Å². The molecule has 2 aromatic carbocycles. The van der Waals surface area contributed by atoms with Crippen LogP contribution in [0.4, 0.5) is 0 Å². The SMILES string of the molecule is CCCCCCCCCC(=O)NC(C)c1ccc(Oc2ccccc2)cc1. The molecule has 2 rings (SSSR count). The molecule has 0 spiro atoms. The number of benzene rings is 2. The molecule has 0 aliphatic carbocycles. The van der Waals surface area contributed by atoms with Crippen molar-refractivity contribution in [3.63, 3.8) is 0 Å². The molecule has 0 bridgehead atoms. The van der Waals surface area contributed by atoms with Crippen LogP contribution < -0.4 is 10.1 Å². The van der Waals surface area contributed by atoms with Gasteiger partial charge < -0.3 is 10.1 Å². The summed E-state index contributed by atoms with van der Waals surface area (Å²) in [5, 5.41) is 3.10. The first-order chi connectivity index (χ1) is 13.2. The first kappa shape index (κ1) is 21.0. The van der Waals surface area contributed by atoms with Gasteiger partial charge in [-0.25, -0.2) is 0 Å². The molecule has 1 atom stereocenters. The summed E-state index contributed by atoms with van der Waals surface area (Å²) in [4.78, 5) is 12.1. The molecule has 3 heteroatoms. The summed E-state index contributed by atoms with van der Waals surface area (Å²) in [5.74, 6) is 1.76. The normalized spacial score (nSPS) is 11.8. The van der Waals surface area contributed by atoms with Crippen LogP contribution in [0, 0.1) is 0 Å². The number of hydrogen-bond acceptors (Lipinski definition) is 2. The smallest absolute Gasteiger partial charge is 0.220 e. The second kappa shape index (κ2) is 12.2. The Kier molecular flexibility index (Phi) is 9.47. The van der Waals surface area contributed by atoms with E-state index in [9.17, 15) is 4.79 Å². The van der Waals surface area contributed by atoms with Gasteiger partial charge in [-0.3, -0.25) is 4.79 Å². The summed E-state index contributed by atoms with van der Waals surface area (Å²) in [7, 11) is 0. The molecule has 0 heterocycles. The maximum absolute atomic E-state index is 12.1. The Morgan fingerprint density at radius 3 is 2.11 bits per heavy atom. The van der Waals surface area contributed by atoms with Gasteiger partial charge in [-0.2, -0.15) is 0 Å². The number of carbonyl (C=O) groups is 1. The van der Waals surface area contributed by atoms with E-state index < -0.39 is 0 Å². The summed E-state index contributed by atoms with van der Waals surface area (Å²) in [5.41, 5.74) is 1.09. The molecule has 1 N–H and O–H groups in total. The van der Waals surface area contributed by atoms with Gasteiger partial charge in [-0.15, -0.1) is 0 Å². The standard InChI is InChI=1S/C24H33NO2/c1-3-4-5-6-7-8-12-15-24(26)25-20(2)21-16-18-23(19-17-21)27-22-13-10-9-11-14-22/h9-11,13-14,16-20H,3-8,12,15H2,1-2H3,(H,25,26). The number of nitrogens with one attached hydrogen (secondary N) is 1. The predicted molar refractivity (Wildman–Crippen MR) is 112 cm³/mol. The van der Waals surface area contributed by atoms with Crippen LogP contribution in [0.25, 0.3) is 0 Å². The molecule has 0 saturated carbocycles. The minimum Gasteiger partial charge on any atom is -0.457 e. The van der Waals surface area contributed by atoms with E-state index in [2.05, 4.69) is 12.2 Å². The molecule has 3 nitrogen and oxygen atoms in total. The van der Waals surface area contributed by atoms with Gasteiger partial charge in [0, 0.05) is 6.42 Å². The fourth-order valence-electron chi connectivity index (χ4n) is 3.09. The average Bonchev–Trinajstić information content (AvgIpc) is 2.68. The van der Waals surface area contributed by atoms with Crippen LogP contribution in [0.1, 0.15) is 76.8 Å². The van der Waals surface area contributed by atoms with E-state index in [1.807, 2.05) is 61.5 Å². The Labute approximate surface area is 164 Å². The lowest BCUT2D eigenvalue weighted by molar-refractivity contribution is -0.121. The van der Waals surface area contributed by atoms with Crippen LogP contribution in [0.15, 0.2) is 54.6 Å². The number of unbranched alkanes of at least 4 members (excludes halogenated alkanes) is 6. The van der Waals surface area contributed by atoms with Gasteiger partial charge in [0.05, 0.1) is 6.04 Å². The van der Waals surface area contributed by atoms with E-state index in [-0.39, 0.29) is 11.9 Å². The fraction of sp³-hybridized carbons (Fsp3) is 0.458. The molecule has 0 saturated heterocycles. The monoisotopic (exact) mass is 367 g/mol. The Balaban J connectivity index is 1.69. The van der Waals surface area contributed by atoms with Gasteiger partial charge in [0.2, 0.25) is 5.91 Å². The molecule has 0 aromatic heterocycles. The largest absolute Gasteiger partial charge is 0.457 e. The van der Waals surface area contributed by atoms with Crippen molar-refractivity contribution in [2.75, 3.05) is 0 Å². The predicted octanol–water partition coefficient (Wildman–Crippen LogP) is 6.80. The molecule has 146 valence electrons. The molecule has 1 amide bonds. The highest BCUT2D eigenvalue weighted by atomic mass is 16.5. The van der Waals surface area contributed by atoms with Crippen molar-refractivity contribution in [2.24, 2.45) is 0 Å². The van der Waals surface area contributed by atoms with Gasteiger partial charge >= 0.3 is 0 Å². The van der Waals surface area contributed by atoms with E-state index in [0.717, 1.165) is 29.9 Å². The Morgan fingerprint density at radius 2 is 1.44 bits per heavy atom. The number of para-hydroxylation sites is 1. The second-order valence-corrected chi connectivity index (χ2v) is 7.14. The zero-order valence-electron chi connectivity index (χ0n) is 16.7. The molecular formula is C24H33NO2. The number of rotatable bonds is 12. The van der Waals surface area contributed by atoms with E-state index in [1.54, 1.807) is 0 Å². The van der Waals surface area contributed by atoms with Crippen molar-refractivity contribution < 1.29 is 9.53 Å². The van der Waals surface area contributed by atoms with Crippen molar-refractivity contribution in [3.8, 4) is 11.5 Å². The molecule has 0 fully saturated rings. The summed E-state index contributed by atoms with van der Waals surface area (Å²) >= 11 is 0. The van der Waals surface area contributed by atoms with Crippen molar-refractivity contribution in [3.05, 3.63) is 60.2 Å². The maximum Gasteiger partial charge on any atom is 0.220 e. The molecular weight excluding hydrogens is 334 g/mol. The third-order valence-corrected chi connectivity index (χ3v) is 4.74. The van der Waals surface area contributed by atoms with Crippen molar-refractivity contribution >= 4 is 5.91 Å². The van der Waals surface area contributed by atoms with Crippen LogP contribution in [0.5, 0.6) is 11.5 Å². The number of ether oxygens (including phenoxy) is 1. The number of hydrogen-bond donors (Lipinski definition) is 1. The maximum atomic E-state index is 12.1. The molecule has 1 unspecified atom stereocenters. The van der Waals surface area contributed by atoms with E-state index in [4.69, 9.17) is 4.74 Å². The topological polar surface area (TPSA) is 38.3 Å². The summed E-state index contributed by atoms with van der Waals surface area (Å²) in [6.45, 7) is 4.26. The second-order valence-electron chi connectivity index (χ2n) is 7.14. The first-order valence-corrected chi connectivity index (χ1v) is 10.3. The van der Waals surface area contributed by atoms with Gasteiger partial charge in [0.1, 0.15) is 11.5 Å². The highest BCUT2D eigenvalue weighted by Gasteiger charge is 2.09. The van der Waals surface area contributed by atoms with Crippen molar-refractivity contribution in [1.82, 2.24) is 5.32 Å². The van der Waals surface area contributed by atoms with Gasteiger partial charge in [-0.1, -0.05) is 75.8 Å². The van der Waals surface area contributed by atoms with Crippen molar-refractivity contribution in [1.29, 1.82) is 0 Å². The summed E-state index contributed by atoms with van der Waals surface area (Å²) in [6, 6.07) is 17.6. The third kappa shape index (κ3) is 8.29. The minimum absolute atomic E-state index is 0.00725. The lowest BCUT2D eigenvalue weighted by Crippen LogP contribution is -2.26. The van der Waals surface area contributed by atoms with Crippen LogP contribution in [0.3, 0.4) is 0 Å². The number of carbonyl (C=O) groups excluding carboxylic acids is 1. The van der Waals surface area contributed by atoms with E-state index in [0.29, 0.717) is 6.42 Å². The highest BCUT2D eigenvalue weighted by Crippen LogP contribution is 2.23. The fourth-order valence-corrected chi connectivity index (χ4v) is 3.09. The average molecular weight is 368 g/mol. The van der Waals surface area contributed by atoms with Crippen LogP contribution in [0.2, 0.25) is 0 Å². The molecule has 0 radical (unpaired) electrons. The Hall–Kier alpha value is -2.29. The zero-order valence-corrected chi connectivity index (χ0v) is 16.7. The summed E-state index contributed by atoms with van der Waals surface area (Å²) in [6.07, 6.45) is 9.21. The Bertz CT molecular complexity index is 652. The third-order valence-electron chi connectivity index (χ3n) is 4.74. The highest BCUT2D eigenvalue weighted by molar-refractivity contribution is 5.76. The minimum atomic E-state index is 0.00725. The Morgan fingerprint density at radius 1 is 0.852 bits per heavy atom. The quantitative estimate of drug-likeness (QED) is 0.419. The van der Waals surface area contributed by atoms with Crippen LogP contribution in [-0.2, 0) is 4.79 Å². The zero-order chi connectivity index (χ0) is 19.3. The van der Waals surface area contributed by atoms with Gasteiger partial charge in [-0.05, 0) is 43.2 Å². The molecule has 0 aliphatic heterocycles. The van der Waals surface area contributed by atoms with Crippen molar-refractivity contribution in [2.45, 2.75) is 71.3 Å². The molecule has 0 aliphatic rings. The first-order valence-electron chi connectivity index (χ1n) is 10.3. The van der Waals surface area contributed by atoms with E-state index >= 15 is 0 Å². The van der Waals surface area contributed by atoms with Gasteiger partial charge in [0.15, 0.2) is 0 Å². The number of amides is 1.